The number of hydrogen-bond acceptors (Lipinski definition) is 8. The molecule has 42 heavy (non-hydrogen) atoms. The van der Waals surface area contributed by atoms with Gasteiger partial charge in [-0.05, 0) is 67.3 Å². The number of benzene rings is 3. The number of hydrogen-bond donors (Lipinski definition) is 2. The lowest BCUT2D eigenvalue weighted by molar-refractivity contribution is 0.0432. The molecule has 2 N–H and O–H groups in total. The van der Waals surface area contributed by atoms with Crippen LogP contribution in [0, 0.1) is 5.92 Å². The Bertz CT molecular complexity index is 1440. The lowest BCUT2D eigenvalue weighted by Gasteiger charge is -2.11. The first kappa shape index (κ1) is 31.4. The average molecular weight is 575 g/mol. The Morgan fingerprint density at radius 1 is 0.524 bits per heavy atom. The summed E-state index contributed by atoms with van der Waals surface area (Å²) in [6.45, 7) is 2.00. The van der Waals surface area contributed by atoms with Gasteiger partial charge in [0.25, 0.3) is 0 Å². The fourth-order valence-electron chi connectivity index (χ4n) is 3.98. The maximum atomic E-state index is 12.7. The van der Waals surface area contributed by atoms with Crippen LogP contribution in [0.25, 0.3) is 0 Å². The Morgan fingerprint density at radius 3 is 1.12 bits per heavy atom. The summed E-state index contributed by atoms with van der Waals surface area (Å²) in [5, 5.41) is 17.9. The van der Waals surface area contributed by atoms with E-state index in [0.29, 0.717) is 24.0 Å². The van der Waals surface area contributed by atoms with Crippen molar-refractivity contribution in [1.29, 1.82) is 0 Å². The second-order valence-corrected chi connectivity index (χ2v) is 9.68. The zero-order valence-electron chi connectivity index (χ0n) is 22.9. The number of carboxylic acids is 2. The van der Waals surface area contributed by atoms with Crippen LogP contribution in [0.1, 0.15) is 94.8 Å². The second kappa shape index (κ2) is 15.0. The highest BCUT2D eigenvalue weighted by Crippen LogP contribution is 2.18. The Balaban J connectivity index is 1.36. The lowest BCUT2D eigenvalue weighted by atomic mass is 9.93. The molecule has 0 fully saturated rings. The van der Waals surface area contributed by atoms with Crippen LogP contribution in [-0.2, 0) is 9.47 Å². The summed E-state index contributed by atoms with van der Waals surface area (Å²) in [6, 6.07) is 17.1. The van der Waals surface area contributed by atoms with E-state index >= 15 is 0 Å². The average Bonchev–Trinajstić information content (AvgIpc) is 2.98. The third kappa shape index (κ3) is 9.22. The van der Waals surface area contributed by atoms with Crippen LogP contribution in [-0.4, -0.2) is 58.9 Å². The minimum atomic E-state index is -1.09. The first-order valence-corrected chi connectivity index (χ1v) is 13.2. The SMILES string of the molecule is CC(CC(=O)c1ccc(C(=O)O)cc1)CC(=O)c1ccc(C(=O)OCCCCOC(=O)c2ccc(C(=O)O)cc2)cc1. The van der Waals surface area contributed by atoms with E-state index in [0.717, 1.165) is 0 Å². The number of unbranched alkanes of at least 4 members (excludes halogenated alkanes) is 1. The second-order valence-electron chi connectivity index (χ2n) is 9.68. The predicted octanol–water partition coefficient (Wildman–Crippen LogP) is 5.36. The van der Waals surface area contributed by atoms with Gasteiger partial charge in [-0.15, -0.1) is 0 Å². The molecule has 10 heteroatoms. The minimum Gasteiger partial charge on any atom is -0.478 e. The van der Waals surface area contributed by atoms with E-state index in [4.69, 9.17) is 19.7 Å². The van der Waals surface area contributed by atoms with Crippen LogP contribution in [0.4, 0.5) is 0 Å². The van der Waals surface area contributed by atoms with Crippen LogP contribution >= 0.6 is 0 Å². The smallest absolute Gasteiger partial charge is 0.338 e. The molecule has 218 valence electrons. The monoisotopic (exact) mass is 574 g/mol. The fraction of sp³-hybridized carbons (Fsp3) is 0.250. The molecule has 0 radical (unpaired) electrons. The zero-order chi connectivity index (χ0) is 30.6. The number of carbonyl (C=O) groups excluding carboxylic acids is 4. The molecule has 3 aromatic rings. The molecule has 0 saturated heterocycles. The highest BCUT2D eigenvalue weighted by Gasteiger charge is 2.17. The van der Waals surface area contributed by atoms with E-state index in [2.05, 4.69) is 0 Å². The van der Waals surface area contributed by atoms with Gasteiger partial charge in [-0.1, -0.05) is 31.2 Å². The summed E-state index contributed by atoms with van der Waals surface area (Å²) in [6.07, 6.45) is 1.16. The molecule has 0 saturated carbocycles. The zero-order valence-corrected chi connectivity index (χ0v) is 22.9. The van der Waals surface area contributed by atoms with Gasteiger partial charge >= 0.3 is 23.9 Å². The van der Waals surface area contributed by atoms with Crippen molar-refractivity contribution >= 4 is 35.4 Å². The molecule has 0 aliphatic rings. The fourth-order valence-corrected chi connectivity index (χ4v) is 3.98. The van der Waals surface area contributed by atoms with E-state index in [1.807, 2.05) is 0 Å². The Kier molecular flexibility index (Phi) is 11.2. The van der Waals surface area contributed by atoms with Crippen molar-refractivity contribution < 1.29 is 48.5 Å². The van der Waals surface area contributed by atoms with Gasteiger partial charge in [-0.25, -0.2) is 19.2 Å². The van der Waals surface area contributed by atoms with Crippen LogP contribution in [0.15, 0.2) is 72.8 Å². The van der Waals surface area contributed by atoms with E-state index in [1.165, 1.54) is 72.8 Å². The summed E-state index contributed by atoms with van der Waals surface area (Å²) in [4.78, 5) is 71.3. The third-order valence-corrected chi connectivity index (χ3v) is 6.34. The normalized spacial score (nSPS) is 11.3. The molecule has 10 nitrogen and oxygen atoms in total. The largest absolute Gasteiger partial charge is 0.478 e. The summed E-state index contributed by atoms with van der Waals surface area (Å²) in [7, 11) is 0. The molecule has 3 rings (SSSR count). The first-order valence-electron chi connectivity index (χ1n) is 13.2. The van der Waals surface area contributed by atoms with Crippen molar-refractivity contribution in [2.45, 2.75) is 32.6 Å². The van der Waals surface area contributed by atoms with Gasteiger partial charge in [0.15, 0.2) is 11.6 Å². The van der Waals surface area contributed by atoms with Crippen LogP contribution in [0.2, 0.25) is 0 Å². The molecule has 1 atom stereocenters. The highest BCUT2D eigenvalue weighted by molar-refractivity contribution is 6.00. The van der Waals surface area contributed by atoms with Crippen molar-refractivity contribution in [3.05, 3.63) is 106 Å². The molecular formula is C32H30O10. The van der Waals surface area contributed by atoms with Gasteiger partial charge in [0.05, 0.1) is 35.5 Å². The number of ketones is 2. The van der Waals surface area contributed by atoms with Crippen molar-refractivity contribution in [3.63, 3.8) is 0 Å². The van der Waals surface area contributed by atoms with E-state index in [-0.39, 0.29) is 65.8 Å². The molecule has 0 bridgehead atoms. The van der Waals surface area contributed by atoms with Crippen molar-refractivity contribution in [2.75, 3.05) is 13.2 Å². The topological polar surface area (TPSA) is 161 Å². The number of carbonyl (C=O) groups is 6. The van der Waals surface area contributed by atoms with Gasteiger partial charge in [-0.3, -0.25) is 9.59 Å². The number of rotatable bonds is 15. The Hall–Kier alpha value is -5.12. The Morgan fingerprint density at radius 2 is 0.810 bits per heavy atom. The van der Waals surface area contributed by atoms with Crippen molar-refractivity contribution in [1.82, 2.24) is 0 Å². The van der Waals surface area contributed by atoms with Crippen molar-refractivity contribution in [2.24, 2.45) is 5.92 Å². The molecule has 1 unspecified atom stereocenters. The van der Waals surface area contributed by atoms with Crippen LogP contribution < -0.4 is 0 Å². The number of carboxylic acid groups (broad SMARTS) is 2. The van der Waals surface area contributed by atoms with Gasteiger partial charge in [0.1, 0.15) is 0 Å². The van der Waals surface area contributed by atoms with E-state index in [9.17, 15) is 28.8 Å². The van der Waals surface area contributed by atoms with Gasteiger partial charge in [0, 0.05) is 24.0 Å². The summed E-state index contributed by atoms with van der Waals surface area (Å²) >= 11 is 0. The van der Waals surface area contributed by atoms with Crippen LogP contribution in [0.3, 0.4) is 0 Å². The van der Waals surface area contributed by atoms with Gasteiger partial charge < -0.3 is 19.7 Å². The quantitative estimate of drug-likeness (QED) is 0.137. The third-order valence-electron chi connectivity index (χ3n) is 6.34. The van der Waals surface area contributed by atoms with Crippen molar-refractivity contribution in [3.8, 4) is 0 Å². The molecule has 3 aromatic carbocycles. The van der Waals surface area contributed by atoms with Gasteiger partial charge in [-0.2, -0.15) is 0 Å². The standard InChI is InChI=1S/C32H30O10/c1-20(18-27(33)21-4-8-23(9-5-21)29(35)36)19-28(34)22-6-12-25(13-7-22)31(39)41-16-2-3-17-42-32(40)26-14-10-24(11-15-26)30(37)38/h4-15,20H,2-3,16-19H2,1H3,(H,35,36)(H,37,38). The summed E-state index contributed by atoms with van der Waals surface area (Å²) in [5.41, 5.74) is 1.45. The molecule has 0 heterocycles. The number of aromatic carboxylic acids is 2. The molecule has 0 aromatic heterocycles. The highest BCUT2D eigenvalue weighted by atomic mass is 16.5. The van der Waals surface area contributed by atoms with E-state index in [1.54, 1.807) is 6.92 Å². The van der Waals surface area contributed by atoms with E-state index < -0.39 is 23.9 Å². The Labute approximate surface area is 241 Å². The maximum Gasteiger partial charge on any atom is 0.338 e. The molecule has 0 spiro atoms. The lowest BCUT2D eigenvalue weighted by Crippen LogP contribution is -2.12. The molecular weight excluding hydrogens is 544 g/mol. The summed E-state index contributed by atoms with van der Waals surface area (Å²) in [5.74, 6) is -3.91. The summed E-state index contributed by atoms with van der Waals surface area (Å²) < 4.78 is 10.4. The predicted molar refractivity (Wildman–Crippen MR) is 150 cm³/mol. The number of esters is 2. The number of ether oxygens (including phenoxy) is 2. The minimum absolute atomic E-state index is 0.0673. The first-order chi connectivity index (χ1) is 20.0. The van der Waals surface area contributed by atoms with Gasteiger partial charge in [0.2, 0.25) is 0 Å². The molecule has 0 amide bonds. The molecule has 0 aliphatic heterocycles. The number of Topliss-reactive ketones (excluding diaryl/α,β-unsaturated/α-hetero) is 2. The van der Waals surface area contributed by atoms with Crippen LogP contribution in [0.5, 0.6) is 0 Å². The molecule has 0 aliphatic carbocycles. The maximum absolute atomic E-state index is 12.7.